The molecule has 3 aromatic rings. The van der Waals surface area contributed by atoms with Crippen molar-refractivity contribution < 1.29 is 22.7 Å². The molecule has 1 aliphatic carbocycles. The van der Waals surface area contributed by atoms with Gasteiger partial charge in [0.05, 0.1) is 29.7 Å². The van der Waals surface area contributed by atoms with Crippen LogP contribution in [0.15, 0.2) is 36.7 Å². The Bertz CT molecular complexity index is 1190. The lowest BCUT2D eigenvalue weighted by Crippen LogP contribution is -2.42. The van der Waals surface area contributed by atoms with E-state index in [2.05, 4.69) is 15.4 Å². The zero-order valence-corrected chi connectivity index (χ0v) is 20.4. The fourth-order valence-electron chi connectivity index (χ4n) is 4.67. The first-order chi connectivity index (χ1) is 16.6. The second kappa shape index (κ2) is 10.0. The van der Waals surface area contributed by atoms with Gasteiger partial charge in [0.15, 0.2) is 11.7 Å². The highest BCUT2D eigenvalue weighted by Crippen LogP contribution is 2.40. The van der Waals surface area contributed by atoms with Gasteiger partial charge in [-0.2, -0.15) is 18.3 Å². The lowest BCUT2D eigenvalue weighted by molar-refractivity contribution is -0.190. The van der Waals surface area contributed by atoms with Gasteiger partial charge in [0.1, 0.15) is 5.15 Å². The number of anilines is 2. The van der Waals surface area contributed by atoms with Crippen molar-refractivity contribution >= 4 is 34.5 Å². The van der Waals surface area contributed by atoms with Crippen molar-refractivity contribution in [1.29, 1.82) is 0 Å². The molecule has 2 atom stereocenters. The molecule has 1 aromatic carbocycles. The van der Waals surface area contributed by atoms with E-state index in [4.69, 9.17) is 16.3 Å². The topological polar surface area (TPSA) is 71.8 Å². The number of rotatable bonds is 7. The van der Waals surface area contributed by atoms with Crippen molar-refractivity contribution in [2.24, 2.45) is 5.92 Å². The minimum atomic E-state index is -4.60. The smallest absolute Gasteiger partial charge is 0.377 e. The summed E-state index contributed by atoms with van der Waals surface area (Å²) >= 11 is 6.04. The monoisotopic (exact) mass is 509 g/mol. The number of alkyl halides is 3. The quantitative estimate of drug-likeness (QED) is 0.417. The van der Waals surface area contributed by atoms with E-state index in [9.17, 15) is 18.0 Å². The zero-order valence-electron chi connectivity index (χ0n) is 19.6. The molecule has 4 rings (SSSR count). The summed E-state index contributed by atoms with van der Waals surface area (Å²) in [6.45, 7) is 1.84. The molecular formula is C24H27ClF3N5O2. The van der Waals surface area contributed by atoms with Gasteiger partial charge in [0.2, 0.25) is 5.91 Å². The van der Waals surface area contributed by atoms with Crippen LogP contribution >= 0.6 is 11.6 Å². The number of benzene rings is 1. The lowest BCUT2D eigenvalue weighted by Gasteiger charge is -2.32. The molecule has 0 spiro atoms. The summed E-state index contributed by atoms with van der Waals surface area (Å²) in [5.41, 5.74) is 2.34. The van der Waals surface area contributed by atoms with Gasteiger partial charge in [-0.3, -0.25) is 4.79 Å². The van der Waals surface area contributed by atoms with Crippen LogP contribution in [0.25, 0.3) is 5.65 Å². The maximum absolute atomic E-state index is 14.0. The Hall–Kier alpha value is -2.85. The number of methoxy groups -OCH3 is 1. The molecule has 35 heavy (non-hydrogen) atoms. The summed E-state index contributed by atoms with van der Waals surface area (Å²) in [7, 11) is 2.80. The van der Waals surface area contributed by atoms with Crippen molar-refractivity contribution in [1.82, 2.24) is 19.5 Å². The normalized spacial score (nSPS) is 16.4. The highest BCUT2D eigenvalue weighted by Gasteiger charge is 2.46. The highest BCUT2D eigenvalue weighted by molar-refractivity contribution is 6.29. The van der Waals surface area contributed by atoms with Crippen LogP contribution < -0.4 is 5.32 Å². The highest BCUT2D eigenvalue weighted by atomic mass is 35.5. The second-order valence-electron chi connectivity index (χ2n) is 8.80. The number of halogens is 4. The Morgan fingerprint density at radius 1 is 1.26 bits per heavy atom. The zero-order chi connectivity index (χ0) is 25.3. The van der Waals surface area contributed by atoms with Gasteiger partial charge in [-0.1, -0.05) is 36.6 Å². The summed E-state index contributed by atoms with van der Waals surface area (Å²) < 4.78 is 49.1. The number of nitrogens with zero attached hydrogens (tertiary/aromatic N) is 4. The molecule has 0 radical (unpaired) electrons. The predicted octanol–water partition coefficient (Wildman–Crippen LogP) is 6.09. The van der Waals surface area contributed by atoms with E-state index in [0.29, 0.717) is 35.4 Å². The third-order valence-electron chi connectivity index (χ3n) is 6.52. The molecule has 1 amide bonds. The minimum Gasteiger partial charge on any atom is -0.377 e. The van der Waals surface area contributed by atoms with E-state index in [-0.39, 0.29) is 22.7 Å². The van der Waals surface area contributed by atoms with Crippen LogP contribution in [0.1, 0.15) is 55.9 Å². The molecule has 1 N–H and O–H groups in total. The van der Waals surface area contributed by atoms with Gasteiger partial charge in [0.25, 0.3) is 0 Å². The molecule has 0 aliphatic heterocycles. The van der Waals surface area contributed by atoms with Crippen LogP contribution in [0.3, 0.4) is 0 Å². The molecular weight excluding hydrogens is 483 g/mol. The van der Waals surface area contributed by atoms with Crippen molar-refractivity contribution in [3.8, 4) is 0 Å². The number of nitrogens with one attached hydrogen (secondary N) is 1. The molecule has 0 bridgehead atoms. The van der Waals surface area contributed by atoms with Gasteiger partial charge in [-0.25, -0.2) is 9.50 Å². The van der Waals surface area contributed by atoms with E-state index in [1.54, 1.807) is 31.6 Å². The van der Waals surface area contributed by atoms with Crippen molar-refractivity contribution in [3.63, 3.8) is 0 Å². The Morgan fingerprint density at radius 3 is 2.51 bits per heavy atom. The van der Waals surface area contributed by atoms with E-state index in [1.807, 2.05) is 6.92 Å². The number of carbonyl (C=O) groups is 1. The molecule has 11 heteroatoms. The average Bonchev–Trinajstić information content (AvgIpc) is 3.47. The number of ether oxygens (including phenoxy) is 1. The van der Waals surface area contributed by atoms with Crippen LogP contribution in [-0.4, -0.2) is 45.7 Å². The third-order valence-corrected chi connectivity index (χ3v) is 6.70. The van der Waals surface area contributed by atoms with Crippen LogP contribution in [-0.2, 0) is 9.53 Å². The van der Waals surface area contributed by atoms with E-state index in [0.717, 1.165) is 17.7 Å². The molecule has 0 unspecified atom stereocenters. The van der Waals surface area contributed by atoms with Crippen molar-refractivity contribution in [2.45, 2.75) is 50.9 Å². The molecule has 1 saturated carbocycles. The fraction of sp³-hybridized carbons (Fsp3) is 0.458. The number of fused-ring (bicyclic) bond motifs is 1. The standard InChI is InChI=1S/C24H27ClF3N5O2/c1-14(35-3)20-18(12-29-33-13-19(25)31-22(20)33)30-17-10-8-15(9-11-17)21(24(26,27)28)32(2)23(34)16-6-4-5-7-16/h8-14,16,21,30H,4-7H2,1-3H3/t14-,21-/m0/s1. The molecule has 188 valence electrons. The first-order valence-corrected chi connectivity index (χ1v) is 11.7. The summed E-state index contributed by atoms with van der Waals surface area (Å²) in [4.78, 5) is 17.9. The number of hydrogen-bond donors (Lipinski definition) is 1. The van der Waals surface area contributed by atoms with Gasteiger partial charge in [-0.05, 0) is 37.5 Å². The molecule has 1 aliphatic rings. The van der Waals surface area contributed by atoms with Gasteiger partial charge in [-0.15, -0.1) is 0 Å². The van der Waals surface area contributed by atoms with Crippen LogP contribution in [0, 0.1) is 5.92 Å². The van der Waals surface area contributed by atoms with Crippen LogP contribution in [0.2, 0.25) is 5.15 Å². The van der Waals surface area contributed by atoms with E-state index in [1.165, 1.54) is 23.7 Å². The fourth-order valence-corrected chi connectivity index (χ4v) is 4.84. The molecule has 2 heterocycles. The van der Waals surface area contributed by atoms with Crippen LogP contribution in [0.4, 0.5) is 24.5 Å². The Balaban J connectivity index is 1.61. The summed E-state index contributed by atoms with van der Waals surface area (Å²) in [6.07, 6.45) is 1.21. The minimum absolute atomic E-state index is 0.00371. The maximum Gasteiger partial charge on any atom is 0.413 e. The number of carbonyl (C=O) groups excluding carboxylic acids is 1. The third kappa shape index (κ3) is 5.23. The Morgan fingerprint density at radius 2 is 1.91 bits per heavy atom. The first kappa shape index (κ1) is 25.2. The van der Waals surface area contributed by atoms with Gasteiger partial charge in [0, 0.05) is 25.8 Å². The SMILES string of the molecule is CO[C@@H](C)c1c(Nc2ccc([C@H](N(C)C(=O)C3CCCC3)C(F)(F)F)cc2)cnn2cc(Cl)nc12. The molecule has 1 fully saturated rings. The second-order valence-corrected chi connectivity index (χ2v) is 9.19. The van der Waals surface area contributed by atoms with E-state index >= 15 is 0 Å². The van der Waals surface area contributed by atoms with Crippen molar-refractivity contribution in [2.75, 3.05) is 19.5 Å². The lowest BCUT2D eigenvalue weighted by atomic mass is 10.0. The predicted molar refractivity (Wildman–Crippen MR) is 127 cm³/mol. The number of imidazole rings is 1. The molecule has 2 aromatic heterocycles. The van der Waals surface area contributed by atoms with E-state index < -0.39 is 18.1 Å². The number of hydrogen-bond acceptors (Lipinski definition) is 5. The summed E-state index contributed by atoms with van der Waals surface area (Å²) in [6, 6.07) is 3.85. The van der Waals surface area contributed by atoms with Gasteiger partial charge >= 0.3 is 6.18 Å². The van der Waals surface area contributed by atoms with Crippen molar-refractivity contribution in [3.05, 3.63) is 52.9 Å². The number of aromatic nitrogens is 3. The number of amides is 1. The van der Waals surface area contributed by atoms with Gasteiger partial charge < -0.3 is 15.0 Å². The largest absolute Gasteiger partial charge is 0.413 e. The first-order valence-electron chi connectivity index (χ1n) is 11.4. The Labute approximate surface area is 206 Å². The average molecular weight is 510 g/mol. The maximum atomic E-state index is 14.0. The summed E-state index contributed by atoms with van der Waals surface area (Å²) in [5, 5.41) is 7.76. The van der Waals surface area contributed by atoms with Crippen LogP contribution in [0.5, 0.6) is 0 Å². The summed E-state index contributed by atoms with van der Waals surface area (Å²) in [5.74, 6) is -0.798. The Kier molecular flexibility index (Phi) is 7.23. The molecule has 0 saturated heterocycles. The molecule has 7 nitrogen and oxygen atoms in total.